The molecular weight excluding hydrogens is 492 g/mol. The van der Waals surface area contributed by atoms with E-state index in [1.54, 1.807) is 23.6 Å². The van der Waals surface area contributed by atoms with Crippen molar-refractivity contribution in [3.8, 4) is 11.3 Å². The summed E-state index contributed by atoms with van der Waals surface area (Å²) >= 11 is 0. The molecule has 0 bridgehead atoms. The predicted molar refractivity (Wildman–Crippen MR) is 150 cm³/mol. The number of ether oxygens (including phenoxy) is 1. The number of aromatic nitrogens is 2. The molecule has 39 heavy (non-hydrogen) atoms. The van der Waals surface area contributed by atoms with Crippen LogP contribution in [0.5, 0.6) is 0 Å². The number of esters is 1. The fourth-order valence-electron chi connectivity index (χ4n) is 4.88. The van der Waals surface area contributed by atoms with Crippen LogP contribution in [0.3, 0.4) is 0 Å². The second kappa shape index (κ2) is 12.7. The monoisotopic (exact) mass is 528 g/mol. The third-order valence-electron chi connectivity index (χ3n) is 6.95. The Morgan fingerprint density at radius 2 is 1.67 bits per heavy atom. The molecule has 204 valence electrons. The van der Waals surface area contributed by atoms with E-state index in [1.165, 1.54) is 5.56 Å². The lowest BCUT2D eigenvalue weighted by atomic mass is 10.0. The van der Waals surface area contributed by atoms with Crippen LogP contribution < -0.4 is 0 Å². The minimum absolute atomic E-state index is 0.0226. The predicted octanol–water partition coefficient (Wildman–Crippen LogP) is 4.96. The highest BCUT2D eigenvalue weighted by atomic mass is 16.5. The number of carbonyl (C=O) groups excluding carboxylic acids is 3. The van der Waals surface area contributed by atoms with Crippen molar-refractivity contribution in [2.24, 2.45) is 0 Å². The molecule has 0 aliphatic carbocycles. The van der Waals surface area contributed by atoms with E-state index in [-0.39, 0.29) is 35.7 Å². The van der Waals surface area contributed by atoms with E-state index in [0.717, 1.165) is 19.3 Å². The van der Waals surface area contributed by atoms with Crippen LogP contribution in [0.25, 0.3) is 11.3 Å². The Bertz CT molecular complexity index is 1320. The molecule has 1 aromatic heterocycles. The van der Waals surface area contributed by atoms with E-state index in [2.05, 4.69) is 16.9 Å². The highest BCUT2D eigenvalue weighted by molar-refractivity contribution is 6.07. The normalized spacial score (nSPS) is 15.2. The first kappa shape index (κ1) is 28.0. The Labute approximate surface area is 230 Å². The summed E-state index contributed by atoms with van der Waals surface area (Å²) in [5.41, 5.74) is 3.02. The van der Waals surface area contributed by atoms with Gasteiger partial charge in [-0.25, -0.2) is 14.8 Å². The number of piperazine rings is 1. The maximum atomic E-state index is 13.8. The Kier molecular flexibility index (Phi) is 9.07. The topological polar surface area (TPSA) is 92.7 Å². The summed E-state index contributed by atoms with van der Waals surface area (Å²) in [5, 5.41) is 0. The van der Waals surface area contributed by atoms with Crippen molar-refractivity contribution in [2.45, 2.75) is 53.0 Å². The Morgan fingerprint density at radius 1 is 0.949 bits per heavy atom. The maximum Gasteiger partial charge on any atom is 0.342 e. The zero-order valence-electron chi connectivity index (χ0n) is 23.1. The molecule has 1 saturated heterocycles. The third kappa shape index (κ3) is 6.33. The molecule has 2 heterocycles. The van der Waals surface area contributed by atoms with Crippen molar-refractivity contribution in [1.29, 1.82) is 0 Å². The van der Waals surface area contributed by atoms with Crippen molar-refractivity contribution in [2.75, 3.05) is 26.2 Å². The van der Waals surface area contributed by atoms with Crippen molar-refractivity contribution < 1.29 is 19.1 Å². The van der Waals surface area contributed by atoms with Gasteiger partial charge in [0, 0.05) is 36.8 Å². The second-order valence-electron chi connectivity index (χ2n) is 9.83. The van der Waals surface area contributed by atoms with Gasteiger partial charge in [0.1, 0.15) is 17.1 Å². The first-order chi connectivity index (χ1) is 18.8. The number of benzene rings is 2. The van der Waals surface area contributed by atoms with E-state index in [4.69, 9.17) is 4.74 Å². The van der Waals surface area contributed by atoms with Crippen molar-refractivity contribution in [3.05, 3.63) is 82.8 Å². The Morgan fingerprint density at radius 3 is 2.31 bits per heavy atom. The quantitative estimate of drug-likeness (QED) is 0.384. The Balaban J connectivity index is 1.56. The van der Waals surface area contributed by atoms with Crippen LogP contribution in [0.2, 0.25) is 0 Å². The van der Waals surface area contributed by atoms with Gasteiger partial charge in [-0.3, -0.25) is 9.59 Å². The number of hydrogen-bond donors (Lipinski definition) is 0. The molecule has 8 nitrogen and oxygen atoms in total. The van der Waals surface area contributed by atoms with Gasteiger partial charge in [0.25, 0.3) is 11.8 Å². The number of carbonyl (C=O) groups is 3. The lowest BCUT2D eigenvalue weighted by Crippen LogP contribution is -2.55. The molecule has 3 aromatic rings. The van der Waals surface area contributed by atoms with Crippen LogP contribution in [0.4, 0.5) is 0 Å². The molecule has 8 heteroatoms. The molecule has 1 aliphatic heterocycles. The summed E-state index contributed by atoms with van der Waals surface area (Å²) in [6, 6.07) is 16.8. The summed E-state index contributed by atoms with van der Waals surface area (Å²) in [6.07, 6.45) is 3.26. The van der Waals surface area contributed by atoms with Crippen LogP contribution in [0.15, 0.2) is 54.6 Å². The van der Waals surface area contributed by atoms with E-state index < -0.39 is 5.97 Å². The number of aryl methyl sites for hydroxylation is 2. The second-order valence-corrected chi connectivity index (χ2v) is 9.83. The van der Waals surface area contributed by atoms with Gasteiger partial charge in [0.15, 0.2) is 0 Å². The highest BCUT2D eigenvalue weighted by Crippen LogP contribution is 2.26. The van der Waals surface area contributed by atoms with E-state index in [9.17, 15) is 14.4 Å². The van der Waals surface area contributed by atoms with E-state index in [1.807, 2.05) is 61.5 Å². The van der Waals surface area contributed by atoms with Crippen LogP contribution in [-0.2, 0) is 11.2 Å². The molecule has 0 radical (unpaired) electrons. The number of nitrogens with zero attached hydrogens (tertiary/aromatic N) is 4. The summed E-state index contributed by atoms with van der Waals surface area (Å²) in [6.45, 7) is 8.70. The number of hydrogen-bond acceptors (Lipinski definition) is 6. The van der Waals surface area contributed by atoms with Crippen molar-refractivity contribution in [3.63, 3.8) is 0 Å². The van der Waals surface area contributed by atoms with E-state index >= 15 is 0 Å². The molecule has 1 unspecified atom stereocenters. The average Bonchev–Trinajstić information content (AvgIpc) is 2.95. The zero-order chi connectivity index (χ0) is 27.9. The summed E-state index contributed by atoms with van der Waals surface area (Å²) < 4.78 is 5.31. The largest absolute Gasteiger partial charge is 0.462 e. The summed E-state index contributed by atoms with van der Waals surface area (Å²) in [5.74, 6) is -0.675. The van der Waals surface area contributed by atoms with Gasteiger partial charge < -0.3 is 14.5 Å². The van der Waals surface area contributed by atoms with Gasteiger partial charge in [-0.1, -0.05) is 55.8 Å². The van der Waals surface area contributed by atoms with Gasteiger partial charge in [0.05, 0.1) is 12.3 Å². The molecule has 0 N–H and O–H groups in total. The summed E-state index contributed by atoms with van der Waals surface area (Å²) in [7, 11) is 0. The fourth-order valence-corrected chi connectivity index (χ4v) is 4.88. The summed E-state index contributed by atoms with van der Waals surface area (Å²) in [4.78, 5) is 52.5. The first-order valence-electron chi connectivity index (χ1n) is 13.6. The zero-order valence-corrected chi connectivity index (χ0v) is 23.1. The minimum atomic E-state index is -0.635. The molecule has 1 atom stereocenters. The molecular formula is C31H36N4O4. The van der Waals surface area contributed by atoms with E-state index in [0.29, 0.717) is 42.3 Å². The maximum absolute atomic E-state index is 13.8. The van der Waals surface area contributed by atoms with Gasteiger partial charge in [-0.05, 0) is 51.3 Å². The molecule has 0 spiro atoms. The molecule has 0 saturated carbocycles. The van der Waals surface area contributed by atoms with Crippen LogP contribution in [0, 0.1) is 6.92 Å². The highest BCUT2D eigenvalue weighted by Gasteiger charge is 2.34. The van der Waals surface area contributed by atoms with Crippen LogP contribution >= 0.6 is 0 Å². The van der Waals surface area contributed by atoms with Gasteiger partial charge in [0.2, 0.25) is 0 Å². The third-order valence-corrected chi connectivity index (χ3v) is 6.95. The van der Waals surface area contributed by atoms with Crippen molar-refractivity contribution >= 4 is 17.8 Å². The molecule has 4 rings (SSSR count). The molecule has 2 amide bonds. The minimum Gasteiger partial charge on any atom is -0.462 e. The smallest absolute Gasteiger partial charge is 0.342 e. The standard InChI is InChI=1S/C31H36N4O4/c1-5-7-11-23-14-16-25(17-15-23)29(36)35-19-18-34(20-21(35)3)30(37)28-26(31(38)39-6-2)27(32-22(4)33-28)24-12-9-8-10-13-24/h8-10,12-17,21H,5-7,11,18-20H2,1-4H3. The lowest BCUT2D eigenvalue weighted by molar-refractivity contribution is 0.0406. The molecule has 1 fully saturated rings. The fraction of sp³-hybridized carbons (Fsp3) is 0.387. The average molecular weight is 529 g/mol. The van der Waals surface area contributed by atoms with Gasteiger partial charge in [-0.2, -0.15) is 0 Å². The first-order valence-corrected chi connectivity index (χ1v) is 13.6. The number of rotatable bonds is 8. The van der Waals surface area contributed by atoms with Crippen molar-refractivity contribution in [1.82, 2.24) is 19.8 Å². The Hall–Kier alpha value is -4.07. The van der Waals surface area contributed by atoms with Gasteiger partial charge >= 0.3 is 5.97 Å². The number of amides is 2. The van der Waals surface area contributed by atoms with Gasteiger partial charge in [-0.15, -0.1) is 0 Å². The molecule has 1 aliphatic rings. The lowest BCUT2D eigenvalue weighted by Gasteiger charge is -2.40. The molecule has 2 aromatic carbocycles. The number of unbranched alkanes of at least 4 members (excludes halogenated alkanes) is 1. The van der Waals surface area contributed by atoms with Crippen LogP contribution in [-0.4, -0.2) is 69.8 Å². The van der Waals surface area contributed by atoms with Crippen LogP contribution in [0.1, 0.15) is 76.2 Å². The SMILES string of the molecule is CCCCc1ccc(C(=O)N2CCN(C(=O)c3nc(C)nc(-c4ccccc4)c3C(=O)OCC)CC2C)cc1.